The van der Waals surface area contributed by atoms with Crippen LogP contribution in [0.15, 0.2) is 95.8 Å². The molecule has 2 aromatic heterocycles. The second kappa shape index (κ2) is 7.32. The quantitative estimate of drug-likeness (QED) is 0.342. The molecular weight excluding hydrogens is 400 g/mol. The van der Waals surface area contributed by atoms with Gasteiger partial charge < -0.3 is 0 Å². The molecule has 2 heterocycles. The lowest BCUT2D eigenvalue weighted by molar-refractivity contribution is 1.15. The average Bonchev–Trinajstić information content (AvgIpc) is 3.15. The van der Waals surface area contributed by atoms with Crippen molar-refractivity contribution >= 4 is 27.9 Å². The first-order valence-corrected chi connectivity index (χ1v) is 10.3. The molecule has 0 bridgehead atoms. The molecule has 0 spiro atoms. The third kappa shape index (κ3) is 3.07. The molecule has 5 aromatic rings. The lowest BCUT2D eigenvalue weighted by Gasteiger charge is -2.08. The SMILES string of the molecule is O=c1c(-c2ccccc2)c(Cl)sc2nc(-c3ccccc3)c(-c3ccccc3)n12. The summed E-state index contributed by atoms with van der Waals surface area (Å²) in [6.07, 6.45) is 0. The van der Waals surface area contributed by atoms with E-state index in [9.17, 15) is 4.79 Å². The summed E-state index contributed by atoms with van der Waals surface area (Å²) in [5, 5.41) is 0. The molecule has 0 radical (unpaired) electrons. The fourth-order valence-electron chi connectivity index (χ4n) is 3.48. The first kappa shape index (κ1) is 17.9. The van der Waals surface area contributed by atoms with Gasteiger partial charge in [0.25, 0.3) is 5.56 Å². The Hall–Kier alpha value is -3.21. The number of aromatic nitrogens is 2. The van der Waals surface area contributed by atoms with Gasteiger partial charge in [0.2, 0.25) is 0 Å². The van der Waals surface area contributed by atoms with Crippen molar-refractivity contribution in [3.8, 4) is 33.6 Å². The first-order chi connectivity index (χ1) is 14.2. The van der Waals surface area contributed by atoms with Crippen molar-refractivity contribution in [3.05, 3.63) is 106 Å². The minimum atomic E-state index is -0.163. The van der Waals surface area contributed by atoms with E-state index in [0.717, 1.165) is 28.1 Å². The number of halogens is 1. The molecule has 0 atom stereocenters. The number of benzene rings is 3. The average molecular weight is 415 g/mol. The number of hydrogen-bond donors (Lipinski definition) is 0. The normalized spacial score (nSPS) is 11.1. The van der Waals surface area contributed by atoms with E-state index in [1.807, 2.05) is 91.0 Å². The van der Waals surface area contributed by atoms with Crippen LogP contribution in [0.1, 0.15) is 0 Å². The summed E-state index contributed by atoms with van der Waals surface area (Å²) in [5.74, 6) is 0. The van der Waals surface area contributed by atoms with Crippen LogP contribution in [0, 0.1) is 0 Å². The summed E-state index contributed by atoms with van der Waals surface area (Å²) in [6, 6.07) is 29.3. The summed E-state index contributed by atoms with van der Waals surface area (Å²) >= 11 is 7.88. The number of nitrogens with zero attached hydrogens (tertiary/aromatic N) is 2. The maximum atomic E-state index is 13.6. The molecule has 0 fully saturated rings. The van der Waals surface area contributed by atoms with Gasteiger partial charge in [0.15, 0.2) is 4.96 Å². The van der Waals surface area contributed by atoms with Crippen LogP contribution in [-0.2, 0) is 0 Å². The molecule has 5 rings (SSSR count). The van der Waals surface area contributed by atoms with Crippen molar-refractivity contribution < 1.29 is 0 Å². The zero-order valence-electron chi connectivity index (χ0n) is 15.2. The van der Waals surface area contributed by atoms with Crippen LogP contribution in [0.2, 0.25) is 4.34 Å². The second-order valence-corrected chi connectivity index (χ2v) is 8.16. The van der Waals surface area contributed by atoms with Crippen LogP contribution in [0.5, 0.6) is 0 Å². The molecule has 29 heavy (non-hydrogen) atoms. The molecule has 0 unspecified atom stereocenters. The van der Waals surface area contributed by atoms with E-state index in [0.29, 0.717) is 14.9 Å². The van der Waals surface area contributed by atoms with Crippen molar-refractivity contribution in [2.45, 2.75) is 0 Å². The Labute approximate surface area is 176 Å². The topological polar surface area (TPSA) is 34.4 Å². The van der Waals surface area contributed by atoms with Gasteiger partial charge in [0.05, 0.1) is 17.0 Å². The Bertz CT molecular complexity index is 1360. The first-order valence-electron chi connectivity index (χ1n) is 9.15. The molecule has 0 aliphatic heterocycles. The fourth-order valence-corrected chi connectivity index (χ4v) is 4.75. The van der Waals surface area contributed by atoms with Crippen LogP contribution in [0.3, 0.4) is 0 Å². The van der Waals surface area contributed by atoms with Crippen LogP contribution in [0.4, 0.5) is 0 Å². The van der Waals surface area contributed by atoms with Crippen molar-refractivity contribution in [1.82, 2.24) is 9.38 Å². The summed E-state index contributed by atoms with van der Waals surface area (Å²) < 4.78 is 2.13. The van der Waals surface area contributed by atoms with E-state index >= 15 is 0 Å². The molecule has 0 amide bonds. The predicted octanol–water partition coefficient (Wildman–Crippen LogP) is 6.41. The Balaban J connectivity index is 1.91. The predicted molar refractivity (Wildman–Crippen MR) is 121 cm³/mol. The van der Waals surface area contributed by atoms with Crippen LogP contribution in [0.25, 0.3) is 38.6 Å². The van der Waals surface area contributed by atoms with Gasteiger partial charge in [0, 0.05) is 11.1 Å². The van der Waals surface area contributed by atoms with E-state index in [2.05, 4.69) is 0 Å². The number of rotatable bonds is 3. The monoisotopic (exact) mass is 414 g/mol. The molecule has 0 saturated carbocycles. The van der Waals surface area contributed by atoms with Crippen LogP contribution >= 0.6 is 22.9 Å². The van der Waals surface area contributed by atoms with E-state index < -0.39 is 0 Å². The third-order valence-electron chi connectivity index (χ3n) is 4.80. The fraction of sp³-hybridized carbons (Fsp3) is 0. The van der Waals surface area contributed by atoms with E-state index in [1.165, 1.54) is 11.3 Å². The highest BCUT2D eigenvalue weighted by molar-refractivity contribution is 7.20. The summed E-state index contributed by atoms with van der Waals surface area (Å²) in [4.78, 5) is 19.0. The Morgan fingerprint density at radius 1 is 0.724 bits per heavy atom. The molecule has 5 heteroatoms. The number of hydrogen-bond acceptors (Lipinski definition) is 3. The van der Waals surface area contributed by atoms with Crippen LogP contribution < -0.4 is 5.56 Å². The highest BCUT2D eigenvalue weighted by atomic mass is 35.5. The summed E-state index contributed by atoms with van der Waals surface area (Å²) in [6.45, 7) is 0. The van der Waals surface area contributed by atoms with Gasteiger partial charge in [0.1, 0.15) is 4.34 Å². The molecule has 3 aromatic carbocycles. The molecule has 0 aliphatic rings. The highest BCUT2D eigenvalue weighted by Gasteiger charge is 2.22. The Morgan fingerprint density at radius 3 is 1.83 bits per heavy atom. The molecule has 0 aliphatic carbocycles. The largest absolute Gasteiger partial charge is 0.268 e. The zero-order valence-corrected chi connectivity index (χ0v) is 16.8. The molecule has 140 valence electrons. The Kier molecular flexibility index (Phi) is 4.51. The van der Waals surface area contributed by atoms with Gasteiger partial charge in [-0.25, -0.2) is 9.38 Å². The molecule has 3 nitrogen and oxygen atoms in total. The second-order valence-electron chi connectivity index (χ2n) is 6.58. The van der Waals surface area contributed by atoms with Gasteiger partial charge in [-0.05, 0) is 5.56 Å². The molecular formula is C24H15ClN2OS. The van der Waals surface area contributed by atoms with E-state index in [1.54, 1.807) is 4.40 Å². The van der Waals surface area contributed by atoms with Gasteiger partial charge in [-0.15, -0.1) is 0 Å². The maximum Gasteiger partial charge on any atom is 0.267 e. The van der Waals surface area contributed by atoms with Gasteiger partial charge in [-0.2, -0.15) is 0 Å². The van der Waals surface area contributed by atoms with Crippen molar-refractivity contribution in [3.63, 3.8) is 0 Å². The molecule has 0 saturated heterocycles. The number of fused-ring (bicyclic) bond motifs is 1. The summed E-state index contributed by atoms with van der Waals surface area (Å²) in [7, 11) is 0. The minimum Gasteiger partial charge on any atom is -0.268 e. The standard InChI is InChI=1S/C24H15ClN2OS/c25-22-19(16-10-4-1-5-11-16)23(28)27-21(18-14-8-3-9-15-18)20(26-24(27)29-22)17-12-6-2-7-13-17/h1-15H. The molecule has 0 N–H and O–H groups in total. The Morgan fingerprint density at radius 2 is 1.24 bits per heavy atom. The van der Waals surface area contributed by atoms with Crippen molar-refractivity contribution in [2.75, 3.05) is 0 Å². The van der Waals surface area contributed by atoms with Crippen LogP contribution in [-0.4, -0.2) is 9.38 Å². The smallest absolute Gasteiger partial charge is 0.267 e. The minimum absolute atomic E-state index is 0.163. The van der Waals surface area contributed by atoms with Gasteiger partial charge in [-0.3, -0.25) is 4.79 Å². The summed E-state index contributed by atoms with van der Waals surface area (Å²) in [5.41, 5.74) is 4.58. The maximum absolute atomic E-state index is 13.6. The highest BCUT2D eigenvalue weighted by Crippen LogP contribution is 2.36. The zero-order chi connectivity index (χ0) is 19.8. The lowest BCUT2D eigenvalue weighted by atomic mass is 10.0. The van der Waals surface area contributed by atoms with Gasteiger partial charge >= 0.3 is 0 Å². The third-order valence-corrected chi connectivity index (χ3v) is 6.06. The van der Waals surface area contributed by atoms with E-state index in [-0.39, 0.29) is 5.56 Å². The number of imidazole rings is 1. The lowest BCUT2D eigenvalue weighted by Crippen LogP contribution is -2.15. The van der Waals surface area contributed by atoms with Crippen molar-refractivity contribution in [2.24, 2.45) is 0 Å². The van der Waals surface area contributed by atoms with Crippen molar-refractivity contribution in [1.29, 1.82) is 0 Å². The van der Waals surface area contributed by atoms with E-state index in [4.69, 9.17) is 16.6 Å². The van der Waals surface area contributed by atoms with Gasteiger partial charge in [-0.1, -0.05) is 114 Å².